The van der Waals surface area contributed by atoms with Crippen molar-refractivity contribution < 1.29 is 9.72 Å². The molecule has 0 fully saturated rings. The molecule has 5 nitrogen and oxygen atoms in total. The Morgan fingerprint density at radius 1 is 1.47 bits per heavy atom. The van der Waals surface area contributed by atoms with Crippen LogP contribution in [0.2, 0.25) is 0 Å². The zero-order valence-corrected chi connectivity index (χ0v) is 9.37. The number of fused-ring (bicyclic) bond motifs is 1. The van der Waals surface area contributed by atoms with Crippen LogP contribution in [0.1, 0.15) is 17.9 Å². The molecule has 88 valence electrons. The Bertz CT molecular complexity index is 496. The highest BCUT2D eigenvalue weighted by Crippen LogP contribution is 2.35. The Balaban J connectivity index is 2.40. The Hall–Kier alpha value is -2.17. The van der Waals surface area contributed by atoms with E-state index < -0.39 is 4.92 Å². The lowest BCUT2D eigenvalue weighted by molar-refractivity contribution is -0.402. The van der Waals surface area contributed by atoms with Crippen LogP contribution in [0.15, 0.2) is 36.5 Å². The Morgan fingerprint density at radius 2 is 2.18 bits per heavy atom. The van der Waals surface area contributed by atoms with Crippen LogP contribution in [0.3, 0.4) is 0 Å². The monoisotopic (exact) mass is 232 g/mol. The number of allylic oxidation sites excluding steroid dienone is 1. The molecule has 0 aliphatic carbocycles. The van der Waals surface area contributed by atoms with Crippen LogP contribution in [0.5, 0.6) is 0 Å². The molecule has 0 radical (unpaired) electrons. The summed E-state index contributed by atoms with van der Waals surface area (Å²) in [5.41, 5.74) is 1.77. The summed E-state index contributed by atoms with van der Waals surface area (Å²) in [5.74, 6) is -0.234. The molecule has 1 aromatic carbocycles. The van der Waals surface area contributed by atoms with Crippen molar-refractivity contribution in [1.29, 1.82) is 0 Å². The van der Waals surface area contributed by atoms with Gasteiger partial charge in [0.2, 0.25) is 12.1 Å². The van der Waals surface area contributed by atoms with Gasteiger partial charge in [-0.2, -0.15) is 0 Å². The molecular weight excluding hydrogens is 220 g/mol. The van der Waals surface area contributed by atoms with Crippen molar-refractivity contribution >= 4 is 11.6 Å². The molecule has 5 heteroatoms. The van der Waals surface area contributed by atoms with Crippen molar-refractivity contribution in [3.8, 4) is 0 Å². The minimum atomic E-state index is -0.509. The highest BCUT2D eigenvalue weighted by molar-refractivity contribution is 5.96. The van der Waals surface area contributed by atoms with E-state index in [9.17, 15) is 14.9 Å². The van der Waals surface area contributed by atoms with Gasteiger partial charge in [-0.05, 0) is 17.7 Å². The van der Waals surface area contributed by atoms with Crippen LogP contribution >= 0.6 is 0 Å². The number of carbonyl (C=O) groups excluding carboxylic acids is 1. The van der Waals surface area contributed by atoms with Crippen molar-refractivity contribution in [1.82, 2.24) is 0 Å². The molecule has 0 aromatic heterocycles. The van der Waals surface area contributed by atoms with E-state index in [2.05, 4.69) is 0 Å². The van der Waals surface area contributed by atoms with E-state index in [4.69, 9.17) is 0 Å². The first-order chi connectivity index (χ1) is 8.09. The smallest absolute Gasteiger partial charge is 0.231 e. The highest BCUT2D eigenvalue weighted by atomic mass is 16.6. The fourth-order valence-corrected chi connectivity index (χ4v) is 2.02. The fraction of sp³-hybridized carbons (Fsp3) is 0.250. The summed E-state index contributed by atoms with van der Waals surface area (Å²) in [5, 5.41) is 10.3. The van der Waals surface area contributed by atoms with E-state index in [-0.39, 0.29) is 18.2 Å². The minimum absolute atomic E-state index is 0.0262. The van der Waals surface area contributed by atoms with Gasteiger partial charge in [0, 0.05) is 25.1 Å². The van der Waals surface area contributed by atoms with Gasteiger partial charge in [-0.15, -0.1) is 0 Å². The molecule has 0 saturated heterocycles. The molecule has 0 spiro atoms. The molecule has 17 heavy (non-hydrogen) atoms. The van der Waals surface area contributed by atoms with Crippen LogP contribution in [0, 0.1) is 10.1 Å². The summed E-state index contributed by atoms with van der Waals surface area (Å²) in [6, 6.07) is 7.46. The lowest BCUT2D eigenvalue weighted by atomic mass is 9.90. The zero-order chi connectivity index (χ0) is 12.4. The van der Waals surface area contributed by atoms with Gasteiger partial charge >= 0.3 is 0 Å². The quantitative estimate of drug-likeness (QED) is 0.578. The van der Waals surface area contributed by atoms with Crippen LogP contribution in [0.25, 0.3) is 0 Å². The average molecular weight is 232 g/mol. The molecule has 2 rings (SSSR count). The van der Waals surface area contributed by atoms with E-state index in [1.807, 2.05) is 24.3 Å². The van der Waals surface area contributed by atoms with Crippen molar-refractivity contribution in [2.45, 2.75) is 12.3 Å². The lowest BCUT2D eigenvalue weighted by Gasteiger charge is -2.29. The molecule has 1 aliphatic rings. The van der Waals surface area contributed by atoms with Crippen molar-refractivity contribution in [2.75, 3.05) is 11.9 Å². The molecule has 1 heterocycles. The summed E-state index contributed by atoms with van der Waals surface area (Å²) in [6.07, 6.45) is 2.65. The molecule has 1 amide bonds. The number of anilines is 1. The minimum Gasteiger partial charge on any atom is -0.315 e. The summed E-state index contributed by atoms with van der Waals surface area (Å²) in [4.78, 5) is 23.1. The van der Waals surface area contributed by atoms with Crippen LogP contribution in [0.4, 0.5) is 5.69 Å². The molecule has 0 bridgehead atoms. The summed E-state index contributed by atoms with van der Waals surface area (Å²) in [6.45, 7) is 0. The maximum Gasteiger partial charge on any atom is 0.231 e. The maximum atomic E-state index is 11.7. The number of amides is 1. The van der Waals surface area contributed by atoms with Crippen molar-refractivity contribution in [3.63, 3.8) is 0 Å². The van der Waals surface area contributed by atoms with E-state index in [0.29, 0.717) is 0 Å². The molecule has 1 atom stereocenters. The second-order valence-electron chi connectivity index (χ2n) is 3.95. The van der Waals surface area contributed by atoms with Crippen molar-refractivity contribution in [3.05, 3.63) is 52.2 Å². The number of benzene rings is 1. The second-order valence-corrected chi connectivity index (χ2v) is 3.95. The number of nitro groups is 1. The largest absolute Gasteiger partial charge is 0.315 e. The molecular formula is C12H12N2O3. The number of hydrogen-bond donors (Lipinski definition) is 0. The first kappa shape index (κ1) is 11.3. The Kier molecular flexibility index (Phi) is 2.91. The third-order valence-corrected chi connectivity index (χ3v) is 2.91. The van der Waals surface area contributed by atoms with Crippen LogP contribution < -0.4 is 4.90 Å². The summed E-state index contributed by atoms with van der Waals surface area (Å²) < 4.78 is 0. The maximum absolute atomic E-state index is 11.7. The number of hydrogen-bond acceptors (Lipinski definition) is 3. The SMILES string of the molecule is CN1C(=O)C[C@@H](/C=C\[N+](=O)[O-])c2ccccc21. The Labute approximate surface area is 98.5 Å². The van der Waals surface area contributed by atoms with Gasteiger partial charge in [-0.3, -0.25) is 14.9 Å². The van der Waals surface area contributed by atoms with Gasteiger partial charge in [0.25, 0.3) is 0 Å². The molecule has 0 N–H and O–H groups in total. The predicted molar refractivity (Wildman–Crippen MR) is 63.3 cm³/mol. The van der Waals surface area contributed by atoms with Crippen molar-refractivity contribution in [2.24, 2.45) is 0 Å². The van der Waals surface area contributed by atoms with Gasteiger partial charge < -0.3 is 4.90 Å². The van der Waals surface area contributed by atoms with E-state index in [1.165, 1.54) is 6.08 Å². The van der Waals surface area contributed by atoms with E-state index in [1.54, 1.807) is 11.9 Å². The van der Waals surface area contributed by atoms with Gasteiger partial charge in [0.1, 0.15) is 0 Å². The molecule has 0 saturated carbocycles. The summed E-state index contributed by atoms with van der Waals surface area (Å²) >= 11 is 0. The van der Waals surface area contributed by atoms with Crippen LogP contribution in [-0.4, -0.2) is 17.9 Å². The fourth-order valence-electron chi connectivity index (χ4n) is 2.02. The predicted octanol–water partition coefficient (Wildman–Crippen LogP) is 1.93. The average Bonchev–Trinajstić information content (AvgIpc) is 2.32. The number of para-hydroxylation sites is 1. The molecule has 1 aliphatic heterocycles. The topological polar surface area (TPSA) is 63.5 Å². The lowest BCUT2D eigenvalue weighted by Crippen LogP contribution is -2.32. The highest BCUT2D eigenvalue weighted by Gasteiger charge is 2.27. The number of rotatable bonds is 2. The first-order valence-electron chi connectivity index (χ1n) is 5.27. The van der Waals surface area contributed by atoms with Gasteiger partial charge in [-0.1, -0.05) is 18.2 Å². The zero-order valence-electron chi connectivity index (χ0n) is 9.37. The third kappa shape index (κ3) is 2.18. The van der Waals surface area contributed by atoms with Gasteiger partial charge in [0.15, 0.2) is 0 Å². The van der Waals surface area contributed by atoms with Gasteiger partial charge in [-0.25, -0.2) is 0 Å². The number of nitrogens with zero attached hydrogens (tertiary/aromatic N) is 2. The third-order valence-electron chi connectivity index (χ3n) is 2.91. The standard InChI is InChI=1S/C12H12N2O3/c1-13-11-5-3-2-4-10(11)9(8-12(13)15)6-7-14(16)17/h2-7,9H,8H2,1H3/b7-6-/t9-/m1/s1. The van der Waals surface area contributed by atoms with Gasteiger partial charge in [0.05, 0.1) is 4.92 Å². The molecule has 0 unspecified atom stereocenters. The summed E-state index contributed by atoms with van der Waals surface area (Å²) in [7, 11) is 1.72. The van der Waals surface area contributed by atoms with Crippen LogP contribution in [-0.2, 0) is 4.79 Å². The van der Waals surface area contributed by atoms with E-state index in [0.717, 1.165) is 17.5 Å². The number of carbonyl (C=O) groups is 1. The molecule has 1 aromatic rings. The first-order valence-corrected chi connectivity index (χ1v) is 5.27. The van der Waals surface area contributed by atoms with E-state index >= 15 is 0 Å². The normalized spacial score (nSPS) is 19.5. The Morgan fingerprint density at radius 3 is 2.88 bits per heavy atom. The second kappa shape index (κ2) is 4.37.